The van der Waals surface area contributed by atoms with E-state index in [0.717, 1.165) is 42.8 Å². The smallest absolute Gasteiger partial charge is 0.341 e. The van der Waals surface area contributed by atoms with Crippen LogP contribution in [0.5, 0.6) is 5.75 Å². The van der Waals surface area contributed by atoms with Crippen LogP contribution >= 0.6 is 11.3 Å². The molecular formula is C22H22N2O4S. The van der Waals surface area contributed by atoms with Crippen LogP contribution in [0.1, 0.15) is 39.7 Å². The average Bonchev–Trinajstić information content (AvgIpc) is 3.46. The van der Waals surface area contributed by atoms with Crippen LogP contribution in [0.25, 0.3) is 21.3 Å². The third-order valence-corrected chi connectivity index (χ3v) is 7.06. The van der Waals surface area contributed by atoms with E-state index in [-0.39, 0.29) is 11.6 Å². The van der Waals surface area contributed by atoms with Crippen molar-refractivity contribution < 1.29 is 14.6 Å². The Bertz CT molecular complexity index is 1210. The number of methoxy groups -OCH3 is 1. The van der Waals surface area contributed by atoms with Crippen LogP contribution in [0.15, 0.2) is 29.2 Å². The molecule has 3 heterocycles. The van der Waals surface area contributed by atoms with E-state index in [1.807, 2.05) is 10.6 Å². The highest BCUT2D eigenvalue weighted by molar-refractivity contribution is 7.15. The summed E-state index contributed by atoms with van der Waals surface area (Å²) in [5.41, 5.74) is 2.39. The predicted octanol–water partition coefficient (Wildman–Crippen LogP) is 3.76. The van der Waals surface area contributed by atoms with E-state index in [0.29, 0.717) is 16.7 Å². The Morgan fingerprint density at radius 3 is 2.79 bits per heavy atom. The van der Waals surface area contributed by atoms with Gasteiger partial charge in [0.2, 0.25) is 5.43 Å². The molecule has 1 aromatic carbocycles. The number of thiophene rings is 1. The maximum absolute atomic E-state index is 12.8. The molecule has 1 aliphatic heterocycles. The molecule has 1 saturated carbocycles. The predicted molar refractivity (Wildman–Crippen MR) is 113 cm³/mol. The van der Waals surface area contributed by atoms with E-state index >= 15 is 0 Å². The van der Waals surface area contributed by atoms with Gasteiger partial charge in [-0.05, 0) is 50.1 Å². The summed E-state index contributed by atoms with van der Waals surface area (Å²) in [5, 5.41) is 9.88. The number of likely N-dealkylation sites (N-methyl/N-ethyl adjacent to an activating group) is 1. The fourth-order valence-corrected chi connectivity index (χ4v) is 5.51. The minimum absolute atomic E-state index is 0.186. The summed E-state index contributed by atoms with van der Waals surface area (Å²) in [4.78, 5) is 29.2. The summed E-state index contributed by atoms with van der Waals surface area (Å²) in [7, 11) is 3.75. The topological polar surface area (TPSA) is 71.8 Å². The molecule has 6 nitrogen and oxygen atoms in total. The third kappa shape index (κ3) is 2.96. The van der Waals surface area contributed by atoms with Gasteiger partial charge in [0, 0.05) is 40.6 Å². The molecule has 1 N–H and O–H groups in total. The lowest BCUT2D eigenvalue weighted by atomic mass is 10.0. The molecule has 0 unspecified atom stereocenters. The van der Waals surface area contributed by atoms with Gasteiger partial charge in [0.1, 0.15) is 5.56 Å². The summed E-state index contributed by atoms with van der Waals surface area (Å²) in [6.45, 7) is 2.00. The lowest BCUT2D eigenvalue weighted by Crippen LogP contribution is -2.24. The van der Waals surface area contributed by atoms with Crippen molar-refractivity contribution >= 4 is 28.2 Å². The van der Waals surface area contributed by atoms with Gasteiger partial charge in [0.05, 0.1) is 18.0 Å². The van der Waals surface area contributed by atoms with Gasteiger partial charge < -0.3 is 19.3 Å². The molecule has 2 aliphatic rings. The Kier molecular flexibility index (Phi) is 4.26. The number of hydrogen-bond acceptors (Lipinski definition) is 5. The molecule has 1 fully saturated rings. The van der Waals surface area contributed by atoms with Gasteiger partial charge in [-0.25, -0.2) is 4.79 Å². The Morgan fingerprint density at radius 2 is 2.10 bits per heavy atom. The molecule has 0 saturated heterocycles. The van der Waals surface area contributed by atoms with Crippen molar-refractivity contribution in [2.24, 2.45) is 0 Å². The minimum Gasteiger partial charge on any atom is -0.494 e. The number of aromatic carboxylic acids is 1. The SMILES string of the molecule is COc1c(-c2cc3c(s2)CN(C)CC3)ccc2c(=O)c(C(=O)O)cn(C3CC3)c12. The summed E-state index contributed by atoms with van der Waals surface area (Å²) < 4.78 is 7.76. The van der Waals surface area contributed by atoms with Gasteiger partial charge in [0.15, 0.2) is 5.75 Å². The number of nitrogens with zero attached hydrogens (tertiary/aromatic N) is 2. The normalized spacial score (nSPS) is 16.8. The van der Waals surface area contributed by atoms with Gasteiger partial charge >= 0.3 is 5.97 Å². The van der Waals surface area contributed by atoms with Gasteiger partial charge in [-0.2, -0.15) is 0 Å². The second-order valence-corrected chi connectivity index (χ2v) is 9.04. The maximum Gasteiger partial charge on any atom is 0.341 e. The molecule has 0 bridgehead atoms. The molecule has 7 heteroatoms. The van der Waals surface area contributed by atoms with Crippen molar-refractivity contribution in [1.29, 1.82) is 0 Å². The van der Waals surface area contributed by atoms with Crippen LogP contribution in [-0.2, 0) is 13.0 Å². The molecule has 3 aromatic rings. The number of benzene rings is 1. The van der Waals surface area contributed by atoms with Crippen molar-refractivity contribution in [3.63, 3.8) is 0 Å². The first-order chi connectivity index (χ1) is 14.0. The molecule has 2 aromatic heterocycles. The standard InChI is InChI=1S/C22H22N2O4S/c1-23-8-7-12-9-17(29-18(12)11-23)14-5-6-15-19(21(14)28-2)24(13-3-4-13)10-16(20(15)25)22(26)27/h5-6,9-10,13H,3-4,7-8,11H2,1-2H3,(H,26,27). The molecule has 0 spiro atoms. The molecule has 0 atom stereocenters. The summed E-state index contributed by atoms with van der Waals surface area (Å²) in [6, 6.07) is 6.10. The highest BCUT2D eigenvalue weighted by Crippen LogP contribution is 2.44. The third-order valence-electron chi connectivity index (χ3n) is 5.86. The monoisotopic (exact) mass is 410 g/mol. The van der Waals surface area contributed by atoms with Crippen LogP contribution in [0.4, 0.5) is 0 Å². The zero-order chi connectivity index (χ0) is 20.3. The summed E-state index contributed by atoms with van der Waals surface area (Å²) >= 11 is 1.77. The second-order valence-electron chi connectivity index (χ2n) is 7.90. The lowest BCUT2D eigenvalue weighted by Gasteiger charge is -2.21. The molecule has 5 rings (SSSR count). The number of fused-ring (bicyclic) bond motifs is 2. The van der Waals surface area contributed by atoms with E-state index in [4.69, 9.17) is 4.74 Å². The second kappa shape index (κ2) is 6.71. The van der Waals surface area contributed by atoms with Gasteiger partial charge in [-0.1, -0.05) is 0 Å². The van der Waals surface area contributed by atoms with Crippen molar-refractivity contribution in [1.82, 2.24) is 9.47 Å². The van der Waals surface area contributed by atoms with Crippen LogP contribution in [-0.4, -0.2) is 41.2 Å². The summed E-state index contributed by atoms with van der Waals surface area (Å²) in [6.07, 6.45) is 4.48. The zero-order valence-corrected chi connectivity index (χ0v) is 17.2. The number of ether oxygens (including phenoxy) is 1. The molecule has 1 aliphatic carbocycles. The number of rotatable bonds is 4. The number of aromatic nitrogens is 1. The number of hydrogen-bond donors (Lipinski definition) is 1. The molecule has 29 heavy (non-hydrogen) atoms. The quantitative estimate of drug-likeness (QED) is 0.709. The number of carboxylic acid groups (broad SMARTS) is 1. The molecular weight excluding hydrogens is 388 g/mol. The van der Waals surface area contributed by atoms with Crippen molar-refractivity contribution in [3.05, 3.63) is 50.6 Å². The van der Waals surface area contributed by atoms with E-state index in [1.165, 1.54) is 16.6 Å². The van der Waals surface area contributed by atoms with Crippen LogP contribution in [0.3, 0.4) is 0 Å². The largest absolute Gasteiger partial charge is 0.494 e. The number of carbonyl (C=O) groups is 1. The first-order valence-corrected chi connectivity index (χ1v) is 10.6. The summed E-state index contributed by atoms with van der Waals surface area (Å²) in [5.74, 6) is -0.542. The minimum atomic E-state index is -1.19. The fraction of sp³-hybridized carbons (Fsp3) is 0.364. The average molecular weight is 410 g/mol. The van der Waals surface area contributed by atoms with Crippen LogP contribution in [0.2, 0.25) is 0 Å². The van der Waals surface area contributed by atoms with E-state index in [2.05, 4.69) is 18.0 Å². The maximum atomic E-state index is 12.8. The van der Waals surface area contributed by atoms with E-state index in [1.54, 1.807) is 24.5 Å². The first kappa shape index (κ1) is 18.4. The van der Waals surface area contributed by atoms with Gasteiger partial charge in [-0.15, -0.1) is 11.3 Å². The Balaban J connectivity index is 1.77. The van der Waals surface area contributed by atoms with Crippen molar-refractivity contribution in [2.75, 3.05) is 20.7 Å². The van der Waals surface area contributed by atoms with Crippen LogP contribution in [0, 0.1) is 0 Å². The van der Waals surface area contributed by atoms with E-state index < -0.39 is 11.4 Å². The molecule has 0 amide bonds. The lowest BCUT2D eigenvalue weighted by molar-refractivity contribution is 0.0695. The van der Waals surface area contributed by atoms with Crippen molar-refractivity contribution in [3.8, 4) is 16.2 Å². The zero-order valence-electron chi connectivity index (χ0n) is 16.4. The van der Waals surface area contributed by atoms with Crippen molar-refractivity contribution in [2.45, 2.75) is 31.8 Å². The Morgan fingerprint density at radius 1 is 1.31 bits per heavy atom. The fourth-order valence-electron chi connectivity index (χ4n) is 4.19. The Labute approximate surface area is 172 Å². The van der Waals surface area contributed by atoms with E-state index in [9.17, 15) is 14.7 Å². The number of pyridine rings is 1. The first-order valence-electron chi connectivity index (χ1n) is 9.77. The van der Waals surface area contributed by atoms with Crippen LogP contribution < -0.4 is 10.2 Å². The van der Waals surface area contributed by atoms with Gasteiger partial charge in [0.25, 0.3) is 0 Å². The Hall–Kier alpha value is -2.64. The molecule has 150 valence electrons. The molecule has 0 radical (unpaired) electrons. The highest BCUT2D eigenvalue weighted by atomic mass is 32.1. The highest BCUT2D eigenvalue weighted by Gasteiger charge is 2.29. The van der Waals surface area contributed by atoms with Gasteiger partial charge in [-0.3, -0.25) is 4.79 Å². The number of carboxylic acids is 1.